The fourth-order valence-corrected chi connectivity index (χ4v) is 3.18. The van der Waals surface area contributed by atoms with Gasteiger partial charge in [-0.1, -0.05) is 43.3 Å². The van der Waals surface area contributed by atoms with Crippen LogP contribution in [0.2, 0.25) is 0 Å². The molecule has 0 bridgehead atoms. The summed E-state index contributed by atoms with van der Waals surface area (Å²) in [5.74, 6) is 0.309. The molecule has 0 unspecified atom stereocenters. The van der Waals surface area contributed by atoms with Crippen molar-refractivity contribution in [3.63, 3.8) is 0 Å². The van der Waals surface area contributed by atoms with Crippen LogP contribution in [0.5, 0.6) is 5.75 Å². The molecular formula is C20H14O3. The van der Waals surface area contributed by atoms with Crippen LogP contribution in [-0.2, 0) is 4.79 Å². The van der Waals surface area contributed by atoms with E-state index in [4.69, 9.17) is 4.74 Å². The molecule has 4 rings (SSSR count). The molecule has 0 N–H and O–H groups in total. The predicted octanol–water partition coefficient (Wildman–Crippen LogP) is 4.71. The number of carbonyl (C=O) groups is 2. The molecule has 0 aromatic heterocycles. The molecule has 0 atom stereocenters. The van der Waals surface area contributed by atoms with Crippen molar-refractivity contribution in [1.82, 2.24) is 0 Å². The Morgan fingerprint density at radius 3 is 2.22 bits per heavy atom. The summed E-state index contributed by atoms with van der Waals surface area (Å²) in [6.07, 6.45) is 1.21. The first-order valence-electron chi connectivity index (χ1n) is 7.59. The average molecular weight is 302 g/mol. The number of ether oxygens (including phenoxy) is 1. The van der Waals surface area contributed by atoms with Crippen LogP contribution >= 0.6 is 0 Å². The molecule has 0 aliphatic carbocycles. The van der Waals surface area contributed by atoms with Crippen molar-refractivity contribution in [1.29, 1.82) is 0 Å². The lowest BCUT2D eigenvalue weighted by Gasteiger charge is -2.14. The van der Waals surface area contributed by atoms with Crippen LogP contribution in [0.4, 0.5) is 0 Å². The summed E-state index contributed by atoms with van der Waals surface area (Å²) in [5.41, 5.74) is 0.669. The third kappa shape index (κ3) is 1.97. The molecule has 0 amide bonds. The van der Waals surface area contributed by atoms with Gasteiger partial charge in [-0.05, 0) is 33.7 Å². The first-order chi connectivity index (χ1) is 11.2. The van der Waals surface area contributed by atoms with Crippen LogP contribution in [0.3, 0.4) is 0 Å². The number of rotatable bonds is 3. The Morgan fingerprint density at radius 2 is 1.52 bits per heavy atom. The maximum absolute atomic E-state index is 11.7. The number of hydrogen-bond acceptors (Lipinski definition) is 3. The quantitative estimate of drug-likeness (QED) is 0.238. The number of hydrogen-bond donors (Lipinski definition) is 0. The Bertz CT molecular complexity index is 1060. The van der Waals surface area contributed by atoms with Gasteiger partial charge in [0, 0.05) is 22.8 Å². The lowest BCUT2D eigenvalue weighted by Crippen LogP contribution is -2.05. The molecule has 0 fully saturated rings. The molecule has 4 aromatic carbocycles. The monoisotopic (exact) mass is 302 g/mol. The van der Waals surface area contributed by atoms with Gasteiger partial charge in [0.05, 0.1) is 0 Å². The molecule has 0 spiro atoms. The SMILES string of the molecule is CCC(=O)Oc1ccc2ccc3c(C=O)ccc4ccc1c2c43. The zero-order valence-electron chi connectivity index (χ0n) is 12.6. The fraction of sp³-hybridized carbons (Fsp3) is 0.100. The second kappa shape index (κ2) is 5.06. The van der Waals surface area contributed by atoms with Crippen LogP contribution in [0.1, 0.15) is 23.7 Å². The van der Waals surface area contributed by atoms with Crippen molar-refractivity contribution in [3.8, 4) is 5.75 Å². The number of aldehydes is 1. The highest BCUT2D eigenvalue weighted by atomic mass is 16.5. The molecule has 3 nitrogen and oxygen atoms in total. The zero-order valence-corrected chi connectivity index (χ0v) is 12.6. The Labute approximate surface area is 132 Å². The molecule has 0 heterocycles. The van der Waals surface area contributed by atoms with Crippen LogP contribution in [0.25, 0.3) is 32.3 Å². The van der Waals surface area contributed by atoms with E-state index in [0.717, 1.165) is 38.6 Å². The Hall–Kier alpha value is -2.94. The minimum atomic E-state index is -0.256. The van der Waals surface area contributed by atoms with E-state index in [9.17, 15) is 9.59 Å². The van der Waals surface area contributed by atoms with Gasteiger partial charge < -0.3 is 4.74 Å². The fourth-order valence-electron chi connectivity index (χ4n) is 3.18. The molecule has 23 heavy (non-hydrogen) atoms. The van der Waals surface area contributed by atoms with E-state index in [0.29, 0.717) is 17.7 Å². The summed E-state index contributed by atoms with van der Waals surface area (Å²) >= 11 is 0. The van der Waals surface area contributed by atoms with Crippen molar-refractivity contribution < 1.29 is 14.3 Å². The van der Waals surface area contributed by atoms with E-state index in [1.165, 1.54) is 0 Å². The van der Waals surface area contributed by atoms with E-state index in [1.807, 2.05) is 48.5 Å². The van der Waals surface area contributed by atoms with Crippen molar-refractivity contribution in [2.45, 2.75) is 13.3 Å². The van der Waals surface area contributed by atoms with Gasteiger partial charge in [0.25, 0.3) is 0 Å². The van der Waals surface area contributed by atoms with Crippen molar-refractivity contribution in [2.75, 3.05) is 0 Å². The van der Waals surface area contributed by atoms with Crippen molar-refractivity contribution in [3.05, 3.63) is 54.1 Å². The third-order valence-electron chi connectivity index (χ3n) is 4.30. The van der Waals surface area contributed by atoms with Gasteiger partial charge in [-0.15, -0.1) is 0 Å². The highest BCUT2D eigenvalue weighted by Gasteiger charge is 2.14. The van der Waals surface area contributed by atoms with Gasteiger partial charge in [-0.2, -0.15) is 0 Å². The standard InChI is InChI=1S/C20H14O3/c1-2-18(22)23-17-10-7-13-5-8-15-14(11-21)4-3-12-6-9-16(17)20(13)19(12)15/h3-11H,2H2,1H3. The molecule has 112 valence electrons. The molecular weight excluding hydrogens is 288 g/mol. The number of benzene rings is 4. The minimum absolute atomic E-state index is 0.256. The minimum Gasteiger partial charge on any atom is -0.426 e. The van der Waals surface area contributed by atoms with E-state index < -0.39 is 0 Å². The van der Waals surface area contributed by atoms with E-state index >= 15 is 0 Å². The van der Waals surface area contributed by atoms with Crippen LogP contribution in [-0.4, -0.2) is 12.3 Å². The van der Waals surface area contributed by atoms with Gasteiger partial charge in [0.15, 0.2) is 6.29 Å². The maximum Gasteiger partial charge on any atom is 0.310 e. The molecule has 0 aliphatic heterocycles. The normalized spacial score (nSPS) is 11.3. The smallest absolute Gasteiger partial charge is 0.310 e. The largest absolute Gasteiger partial charge is 0.426 e. The summed E-state index contributed by atoms with van der Waals surface area (Å²) in [6, 6.07) is 15.5. The summed E-state index contributed by atoms with van der Waals surface area (Å²) in [5, 5.41) is 6.03. The summed E-state index contributed by atoms with van der Waals surface area (Å²) in [6.45, 7) is 1.77. The summed E-state index contributed by atoms with van der Waals surface area (Å²) in [4.78, 5) is 23.0. The highest BCUT2D eigenvalue weighted by Crippen LogP contribution is 2.39. The lowest BCUT2D eigenvalue weighted by molar-refractivity contribution is -0.133. The second-order valence-electron chi connectivity index (χ2n) is 5.59. The lowest BCUT2D eigenvalue weighted by atomic mass is 9.92. The molecule has 4 aromatic rings. The molecule has 0 aliphatic rings. The van der Waals surface area contributed by atoms with Crippen molar-refractivity contribution >= 4 is 44.6 Å². The van der Waals surface area contributed by atoms with E-state index in [-0.39, 0.29) is 5.97 Å². The first kappa shape index (κ1) is 13.7. The van der Waals surface area contributed by atoms with E-state index in [2.05, 4.69) is 0 Å². The second-order valence-corrected chi connectivity index (χ2v) is 5.59. The highest BCUT2D eigenvalue weighted by molar-refractivity contribution is 6.26. The number of carbonyl (C=O) groups excluding carboxylic acids is 2. The van der Waals surface area contributed by atoms with Gasteiger partial charge in [0.2, 0.25) is 0 Å². The van der Waals surface area contributed by atoms with Gasteiger partial charge >= 0.3 is 5.97 Å². The van der Waals surface area contributed by atoms with Gasteiger partial charge in [-0.3, -0.25) is 9.59 Å². The van der Waals surface area contributed by atoms with Crippen LogP contribution in [0, 0.1) is 0 Å². The van der Waals surface area contributed by atoms with Gasteiger partial charge in [-0.25, -0.2) is 0 Å². The Kier molecular flexibility index (Phi) is 3.01. The van der Waals surface area contributed by atoms with Crippen molar-refractivity contribution in [2.24, 2.45) is 0 Å². The van der Waals surface area contributed by atoms with Crippen LogP contribution < -0.4 is 4.74 Å². The topological polar surface area (TPSA) is 43.4 Å². The van der Waals surface area contributed by atoms with Crippen LogP contribution in [0.15, 0.2) is 48.5 Å². The Morgan fingerprint density at radius 1 is 0.913 bits per heavy atom. The average Bonchev–Trinajstić information content (AvgIpc) is 2.60. The third-order valence-corrected chi connectivity index (χ3v) is 4.30. The Balaban J connectivity index is 2.15. The van der Waals surface area contributed by atoms with Gasteiger partial charge in [0.1, 0.15) is 5.75 Å². The maximum atomic E-state index is 11.7. The first-order valence-corrected chi connectivity index (χ1v) is 7.59. The van der Waals surface area contributed by atoms with E-state index in [1.54, 1.807) is 6.92 Å². The molecule has 0 radical (unpaired) electrons. The zero-order chi connectivity index (χ0) is 16.0. The molecule has 0 saturated carbocycles. The number of esters is 1. The molecule has 0 saturated heterocycles. The summed E-state index contributed by atoms with van der Waals surface area (Å²) in [7, 11) is 0. The summed E-state index contributed by atoms with van der Waals surface area (Å²) < 4.78 is 5.47. The predicted molar refractivity (Wildman–Crippen MR) is 91.5 cm³/mol. The molecule has 3 heteroatoms.